The molecule has 1 fully saturated rings. The minimum absolute atomic E-state index is 0.0265. The monoisotopic (exact) mass is 317 g/mol. The number of nitrogens with zero attached hydrogens (tertiary/aromatic N) is 1. The fraction of sp³-hybridized carbons (Fsp3) is 0.364. The maximum atomic E-state index is 11.6. The van der Waals surface area contributed by atoms with Crippen molar-refractivity contribution in [2.45, 2.75) is 13.0 Å². The first kappa shape index (κ1) is 10.7. The Hall–Kier alpha value is -0.780. The summed E-state index contributed by atoms with van der Waals surface area (Å²) in [6.45, 7) is 2.67. The Balaban J connectivity index is 2.21. The highest BCUT2D eigenvalue weighted by atomic mass is 127. The number of carbonyl (C=O) groups excluding carboxylic acids is 1. The van der Waals surface area contributed by atoms with Crippen molar-refractivity contribution in [1.29, 1.82) is 0 Å². The van der Waals surface area contributed by atoms with Crippen LogP contribution in [0.1, 0.15) is 5.56 Å². The highest BCUT2D eigenvalue weighted by Crippen LogP contribution is 2.22. The van der Waals surface area contributed by atoms with Gasteiger partial charge in [-0.05, 0) is 24.6 Å². The predicted molar refractivity (Wildman–Crippen MR) is 67.7 cm³/mol. The van der Waals surface area contributed by atoms with E-state index in [4.69, 9.17) is 4.74 Å². The van der Waals surface area contributed by atoms with E-state index in [-0.39, 0.29) is 12.2 Å². The first-order valence-corrected chi connectivity index (χ1v) is 6.34. The second-order valence-corrected chi connectivity index (χ2v) is 4.49. The second kappa shape index (κ2) is 4.38. The average Bonchev–Trinajstić information content (AvgIpc) is 2.60. The summed E-state index contributed by atoms with van der Waals surface area (Å²) in [5, 5.41) is 0. The van der Waals surface area contributed by atoms with E-state index in [9.17, 15) is 4.79 Å². The predicted octanol–water partition coefficient (Wildman–Crippen LogP) is 2.76. The Kier molecular flexibility index (Phi) is 3.14. The van der Waals surface area contributed by atoms with Gasteiger partial charge in [-0.1, -0.05) is 34.7 Å². The molecule has 1 aromatic carbocycles. The fourth-order valence-corrected chi connectivity index (χ4v) is 2.07. The molecule has 0 spiro atoms. The smallest absolute Gasteiger partial charge is 0.414 e. The molecule has 0 saturated carbocycles. The van der Waals surface area contributed by atoms with E-state index in [1.165, 1.54) is 0 Å². The zero-order valence-corrected chi connectivity index (χ0v) is 10.6. The molecule has 0 aliphatic carbocycles. The first-order chi connectivity index (χ1) is 7.20. The summed E-state index contributed by atoms with van der Waals surface area (Å²) in [6, 6.07) is 7.90. The highest BCUT2D eigenvalue weighted by Gasteiger charge is 2.31. The number of aryl methyl sites for hydroxylation is 1. The molecule has 1 aliphatic rings. The van der Waals surface area contributed by atoms with E-state index in [0.717, 1.165) is 15.7 Å². The minimum Gasteiger partial charge on any atom is -0.443 e. The Labute approximate surface area is 103 Å². The topological polar surface area (TPSA) is 29.5 Å². The number of ether oxygens (including phenoxy) is 1. The minimum atomic E-state index is -0.234. The van der Waals surface area contributed by atoms with Crippen molar-refractivity contribution in [2.75, 3.05) is 15.9 Å². The summed E-state index contributed by atoms with van der Waals surface area (Å²) < 4.78 is 6.04. The highest BCUT2D eigenvalue weighted by molar-refractivity contribution is 14.1. The molecular weight excluding hydrogens is 305 g/mol. The third-order valence-electron chi connectivity index (χ3n) is 2.36. The molecule has 1 atom stereocenters. The SMILES string of the molecule is Cc1cccc(N2CC(CI)OC2=O)c1. The van der Waals surface area contributed by atoms with Crippen LogP contribution in [-0.2, 0) is 4.74 Å². The van der Waals surface area contributed by atoms with Gasteiger partial charge in [0.15, 0.2) is 0 Å². The molecule has 1 aliphatic heterocycles. The summed E-state index contributed by atoms with van der Waals surface area (Å²) >= 11 is 2.23. The molecule has 1 amide bonds. The van der Waals surface area contributed by atoms with Gasteiger partial charge in [-0.2, -0.15) is 0 Å². The van der Waals surface area contributed by atoms with Crippen molar-refractivity contribution in [3.63, 3.8) is 0 Å². The normalized spacial score (nSPS) is 20.5. The number of hydrogen-bond donors (Lipinski definition) is 0. The maximum Gasteiger partial charge on any atom is 0.414 e. The van der Waals surface area contributed by atoms with Crippen molar-refractivity contribution in [3.8, 4) is 0 Å². The van der Waals surface area contributed by atoms with Crippen LogP contribution < -0.4 is 4.90 Å². The van der Waals surface area contributed by atoms with E-state index in [1.54, 1.807) is 4.90 Å². The molecule has 0 bridgehead atoms. The van der Waals surface area contributed by atoms with Crippen LogP contribution in [0, 0.1) is 6.92 Å². The third kappa shape index (κ3) is 2.25. The molecule has 3 nitrogen and oxygen atoms in total. The third-order valence-corrected chi connectivity index (χ3v) is 3.34. The van der Waals surface area contributed by atoms with Crippen LogP contribution in [0.3, 0.4) is 0 Å². The lowest BCUT2D eigenvalue weighted by Crippen LogP contribution is -2.24. The summed E-state index contributed by atoms with van der Waals surface area (Å²) in [6.07, 6.45) is -0.208. The molecule has 1 heterocycles. The molecule has 1 saturated heterocycles. The van der Waals surface area contributed by atoms with Crippen molar-refractivity contribution in [3.05, 3.63) is 29.8 Å². The van der Waals surface area contributed by atoms with Crippen molar-refractivity contribution in [1.82, 2.24) is 0 Å². The summed E-state index contributed by atoms with van der Waals surface area (Å²) in [7, 11) is 0. The number of hydrogen-bond acceptors (Lipinski definition) is 2. The number of amides is 1. The molecule has 80 valence electrons. The largest absolute Gasteiger partial charge is 0.443 e. The van der Waals surface area contributed by atoms with Crippen LogP contribution in [0.5, 0.6) is 0 Å². The van der Waals surface area contributed by atoms with Crippen LogP contribution in [0.15, 0.2) is 24.3 Å². The molecule has 0 aromatic heterocycles. The molecule has 0 N–H and O–H groups in total. The van der Waals surface area contributed by atoms with E-state index in [1.807, 2.05) is 31.2 Å². The zero-order valence-electron chi connectivity index (χ0n) is 8.44. The first-order valence-electron chi connectivity index (χ1n) is 4.81. The number of carbonyl (C=O) groups is 1. The number of alkyl halides is 1. The van der Waals surface area contributed by atoms with Crippen molar-refractivity contribution < 1.29 is 9.53 Å². The van der Waals surface area contributed by atoms with Gasteiger partial charge >= 0.3 is 6.09 Å². The summed E-state index contributed by atoms with van der Waals surface area (Å²) in [5.41, 5.74) is 2.07. The van der Waals surface area contributed by atoms with Crippen LogP contribution in [0.4, 0.5) is 10.5 Å². The van der Waals surface area contributed by atoms with Crippen LogP contribution >= 0.6 is 22.6 Å². The lowest BCUT2D eigenvalue weighted by molar-refractivity contribution is 0.153. The lowest BCUT2D eigenvalue weighted by Gasteiger charge is -2.12. The van der Waals surface area contributed by atoms with Crippen LogP contribution in [0.25, 0.3) is 0 Å². The van der Waals surface area contributed by atoms with E-state index in [2.05, 4.69) is 22.6 Å². The van der Waals surface area contributed by atoms with Gasteiger partial charge in [-0.3, -0.25) is 4.90 Å². The van der Waals surface area contributed by atoms with Gasteiger partial charge < -0.3 is 4.74 Å². The van der Waals surface area contributed by atoms with E-state index >= 15 is 0 Å². The van der Waals surface area contributed by atoms with Crippen molar-refractivity contribution >= 4 is 34.4 Å². The number of rotatable bonds is 2. The van der Waals surface area contributed by atoms with Crippen LogP contribution in [-0.4, -0.2) is 23.2 Å². The Bertz CT molecular complexity index is 381. The molecule has 15 heavy (non-hydrogen) atoms. The zero-order chi connectivity index (χ0) is 10.8. The number of halogens is 1. The Morgan fingerprint density at radius 3 is 3.00 bits per heavy atom. The van der Waals surface area contributed by atoms with Gasteiger partial charge in [0.25, 0.3) is 0 Å². The van der Waals surface area contributed by atoms with Gasteiger partial charge in [0.2, 0.25) is 0 Å². The lowest BCUT2D eigenvalue weighted by atomic mass is 10.2. The second-order valence-electron chi connectivity index (χ2n) is 3.61. The fourth-order valence-electron chi connectivity index (χ4n) is 1.61. The number of benzene rings is 1. The quantitative estimate of drug-likeness (QED) is 0.620. The van der Waals surface area contributed by atoms with Gasteiger partial charge in [-0.15, -0.1) is 0 Å². The van der Waals surface area contributed by atoms with Crippen molar-refractivity contribution in [2.24, 2.45) is 0 Å². The molecule has 4 heteroatoms. The molecular formula is C11H12INO2. The molecule has 2 rings (SSSR count). The van der Waals surface area contributed by atoms with E-state index < -0.39 is 0 Å². The van der Waals surface area contributed by atoms with Gasteiger partial charge in [0, 0.05) is 10.1 Å². The van der Waals surface area contributed by atoms with Gasteiger partial charge in [0.1, 0.15) is 6.10 Å². The molecule has 1 unspecified atom stereocenters. The molecule has 0 radical (unpaired) electrons. The Morgan fingerprint density at radius 2 is 2.40 bits per heavy atom. The standard InChI is InChI=1S/C11H12INO2/c1-8-3-2-4-9(5-8)13-7-10(6-12)15-11(13)14/h2-5,10H,6-7H2,1H3. The van der Waals surface area contributed by atoms with Gasteiger partial charge in [0.05, 0.1) is 6.54 Å². The molecule has 1 aromatic rings. The van der Waals surface area contributed by atoms with E-state index in [0.29, 0.717) is 6.54 Å². The Morgan fingerprint density at radius 1 is 1.60 bits per heavy atom. The van der Waals surface area contributed by atoms with Crippen LogP contribution in [0.2, 0.25) is 0 Å². The number of cyclic esters (lactones) is 1. The maximum absolute atomic E-state index is 11.6. The van der Waals surface area contributed by atoms with Gasteiger partial charge in [-0.25, -0.2) is 4.79 Å². The summed E-state index contributed by atoms with van der Waals surface area (Å²) in [4.78, 5) is 13.2. The average molecular weight is 317 g/mol. The summed E-state index contributed by atoms with van der Waals surface area (Å²) in [5.74, 6) is 0. The number of anilines is 1.